The van der Waals surface area contributed by atoms with E-state index in [0.29, 0.717) is 0 Å². The highest BCUT2D eigenvalue weighted by molar-refractivity contribution is 6.19. The molecule has 0 N–H and O–H groups in total. The van der Waals surface area contributed by atoms with E-state index in [-0.39, 0.29) is 5.78 Å². The number of ketones is 1. The van der Waals surface area contributed by atoms with Gasteiger partial charge in [-0.1, -0.05) is 12.1 Å². The molecule has 1 aliphatic carbocycles. The van der Waals surface area contributed by atoms with Gasteiger partial charge < -0.3 is 9.47 Å². The zero-order chi connectivity index (χ0) is 16.0. The number of rotatable bonds is 2. The van der Waals surface area contributed by atoms with Crippen LogP contribution in [0.15, 0.2) is 48.5 Å². The first kappa shape index (κ1) is 13.8. The van der Waals surface area contributed by atoms with Gasteiger partial charge in [0.05, 0.1) is 14.2 Å². The van der Waals surface area contributed by atoms with Crippen LogP contribution in [0.3, 0.4) is 0 Å². The smallest absolute Gasteiger partial charge is 0.194 e. The van der Waals surface area contributed by atoms with Gasteiger partial charge in [-0.05, 0) is 64.7 Å². The lowest BCUT2D eigenvalue weighted by Crippen LogP contribution is -2.15. The second kappa shape index (κ2) is 5.13. The van der Waals surface area contributed by atoms with Crippen molar-refractivity contribution < 1.29 is 14.3 Å². The zero-order valence-corrected chi connectivity index (χ0v) is 13.1. The first-order valence-electron chi connectivity index (χ1n) is 7.52. The summed E-state index contributed by atoms with van der Waals surface area (Å²) >= 11 is 0. The number of carbonyl (C=O) groups is 1. The SMILES string of the molecule is COc1ccc2c(c1)Cc1ccc3cc(OC)ccc3c1C2=O. The third-order valence-corrected chi connectivity index (χ3v) is 4.48. The highest BCUT2D eigenvalue weighted by Gasteiger charge is 2.25. The van der Waals surface area contributed by atoms with Crippen molar-refractivity contribution in [3.8, 4) is 11.5 Å². The quantitative estimate of drug-likeness (QED) is 0.561. The maximum atomic E-state index is 13.0. The summed E-state index contributed by atoms with van der Waals surface area (Å²) in [5, 5.41) is 2.00. The topological polar surface area (TPSA) is 35.5 Å². The molecular weight excluding hydrogens is 288 g/mol. The Balaban J connectivity index is 1.92. The van der Waals surface area contributed by atoms with E-state index in [9.17, 15) is 4.79 Å². The third kappa shape index (κ3) is 2.08. The Morgan fingerprint density at radius 3 is 2.35 bits per heavy atom. The summed E-state index contributed by atoms with van der Waals surface area (Å²) < 4.78 is 10.6. The second-order valence-electron chi connectivity index (χ2n) is 5.72. The van der Waals surface area contributed by atoms with Crippen LogP contribution in [-0.2, 0) is 6.42 Å². The summed E-state index contributed by atoms with van der Waals surface area (Å²) in [6.45, 7) is 0. The summed E-state index contributed by atoms with van der Waals surface area (Å²) in [6.07, 6.45) is 0.746. The highest BCUT2D eigenvalue weighted by atomic mass is 16.5. The minimum atomic E-state index is 0.0830. The van der Waals surface area contributed by atoms with Gasteiger partial charge in [0.2, 0.25) is 0 Å². The van der Waals surface area contributed by atoms with Gasteiger partial charge in [-0.15, -0.1) is 0 Å². The van der Waals surface area contributed by atoms with Gasteiger partial charge in [0.15, 0.2) is 5.78 Å². The van der Waals surface area contributed by atoms with Gasteiger partial charge in [-0.2, -0.15) is 0 Å². The number of ether oxygens (including phenoxy) is 2. The van der Waals surface area contributed by atoms with Crippen LogP contribution in [0.1, 0.15) is 27.0 Å². The molecule has 23 heavy (non-hydrogen) atoms. The van der Waals surface area contributed by atoms with Crippen molar-refractivity contribution in [2.45, 2.75) is 6.42 Å². The van der Waals surface area contributed by atoms with E-state index in [1.165, 1.54) is 0 Å². The summed E-state index contributed by atoms with van der Waals surface area (Å²) in [5.41, 5.74) is 3.66. The molecule has 0 unspecified atom stereocenters. The lowest BCUT2D eigenvalue weighted by Gasteiger charge is -2.21. The molecule has 3 heteroatoms. The van der Waals surface area contributed by atoms with E-state index < -0.39 is 0 Å². The molecule has 0 fully saturated rings. The zero-order valence-electron chi connectivity index (χ0n) is 13.1. The molecular formula is C20H16O3. The number of methoxy groups -OCH3 is 2. The molecule has 0 saturated carbocycles. The van der Waals surface area contributed by atoms with Crippen molar-refractivity contribution in [3.05, 3.63) is 70.8 Å². The number of carbonyl (C=O) groups excluding carboxylic acids is 1. The molecule has 0 spiro atoms. The van der Waals surface area contributed by atoms with Gasteiger partial charge in [0.1, 0.15) is 11.5 Å². The number of hydrogen-bond acceptors (Lipinski definition) is 3. The van der Waals surface area contributed by atoms with Crippen molar-refractivity contribution in [1.29, 1.82) is 0 Å². The Bertz CT molecular complexity index is 941. The minimum Gasteiger partial charge on any atom is -0.497 e. The Labute approximate surface area is 134 Å². The Hall–Kier alpha value is -2.81. The molecule has 1 aliphatic rings. The lowest BCUT2D eigenvalue weighted by molar-refractivity contribution is 0.103. The molecule has 114 valence electrons. The van der Waals surface area contributed by atoms with Crippen molar-refractivity contribution >= 4 is 16.6 Å². The van der Waals surface area contributed by atoms with Gasteiger partial charge in [0.25, 0.3) is 0 Å². The van der Waals surface area contributed by atoms with Crippen LogP contribution in [0.5, 0.6) is 11.5 Å². The van der Waals surface area contributed by atoms with E-state index in [1.54, 1.807) is 14.2 Å². The Morgan fingerprint density at radius 2 is 1.57 bits per heavy atom. The molecule has 4 rings (SSSR count). The van der Waals surface area contributed by atoms with E-state index in [4.69, 9.17) is 9.47 Å². The maximum Gasteiger partial charge on any atom is 0.194 e. The van der Waals surface area contributed by atoms with Crippen LogP contribution < -0.4 is 9.47 Å². The molecule has 0 heterocycles. The molecule has 3 aromatic carbocycles. The fourth-order valence-electron chi connectivity index (χ4n) is 3.30. The second-order valence-corrected chi connectivity index (χ2v) is 5.72. The van der Waals surface area contributed by atoms with Gasteiger partial charge in [0, 0.05) is 11.1 Å². The highest BCUT2D eigenvalue weighted by Crippen LogP contribution is 2.35. The normalized spacial score (nSPS) is 12.7. The van der Waals surface area contributed by atoms with Crippen molar-refractivity contribution in [1.82, 2.24) is 0 Å². The van der Waals surface area contributed by atoms with E-state index in [0.717, 1.165) is 50.9 Å². The number of benzene rings is 3. The molecule has 0 aliphatic heterocycles. The summed E-state index contributed by atoms with van der Waals surface area (Å²) in [6, 6.07) is 15.6. The van der Waals surface area contributed by atoms with E-state index >= 15 is 0 Å². The van der Waals surface area contributed by atoms with Crippen molar-refractivity contribution in [2.24, 2.45) is 0 Å². The van der Waals surface area contributed by atoms with Crippen LogP contribution in [0, 0.1) is 0 Å². The first-order chi connectivity index (χ1) is 11.2. The molecule has 0 bridgehead atoms. The van der Waals surface area contributed by atoms with Crippen LogP contribution in [0.4, 0.5) is 0 Å². The minimum absolute atomic E-state index is 0.0830. The fraction of sp³-hybridized carbons (Fsp3) is 0.150. The summed E-state index contributed by atoms with van der Waals surface area (Å²) in [4.78, 5) is 13.0. The van der Waals surface area contributed by atoms with Crippen LogP contribution in [0.2, 0.25) is 0 Å². The van der Waals surface area contributed by atoms with E-state index in [2.05, 4.69) is 6.07 Å². The van der Waals surface area contributed by atoms with Crippen LogP contribution in [0.25, 0.3) is 10.8 Å². The largest absolute Gasteiger partial charge is 0.497 e. The Kier molecular flexibility index (Phi) is 3.08. The van der Waals surface area contributed by atoms with Crippen molar-refractivity contribution in [2.75, 3.05) is 14.2 Å². The molecule has 3 nitrogen and oxygen atoms in total. The fourth-order valence-corrected chi connectivity index (χ4v) is 3.30. The van der Waals surface area contributed by atoms with Crippen LogP contribution in [-0.4, -0.2) is 20.0 Å². The van der Waals surface area contributed by atoms with Gasteiger partial charge in [-0.25, -0.2) is 0 Å². The van der Waals surface area contributed by atoms with Crippen LogP contribution >= 0.6 is 0 Å². The summed E-state index contributed by atoms with van der Waals surface area (Å²) in [5.74, 6) is 1.66. The predicted molar refractivity (Wildman–Crippen MR) is 89.7 cm³/mol. The monoisotopic (exact) mass is 304 g/mol. The number of hydrogen-bond donors (Lipinski definition) is 0. The molecule has 3 aromatic rings. The molecule has 0 amide bonds. The molecule has 0 radical (unpaired) electrons. The standard InChI is InChI=1S/C20H16O3/c1-22-15-5-7-17-12(10-15)3-4-13-9-14-11-16(23-2)6-8-18(14)20(21)19(13)17/h3-8,10-11H,9H2,1-2H3. The number of fused-ring (bicyclic) bond motifs is 4. The van der Waals surface area contributed by atoms with Gasteiger partial charge >= 0.3 is 0 Å². The third-order valence-electron chi connectivity index (χ3n) is 4.48. The molecule has 0 atom stereocenters. The van der Waals surface area contributed by atoms with Crippen molar-refractivity contribution in [3.63, 3.8) is 0 Å². The molecule has 0 saturated heterocycles. The average molecular weight is 304 g/mol. The Morgan fingerprint density at radius 1 is 0.826 bits per heavy atom. The maximum absolute atomic E-state index is 13.0. The van der Waals surface area contributed by atoms with Gasteiger partial charge in [-0.3, -0.25) is 4.79 Å². The first-order valence-corrected chi connectivity index (χ1v) is 7.52. The predicted octanol–water partition coefficient (Wildman–Crippen LogP) is 3.99. The molecule has 0 aromatic heterocycles. The average Bonchev–Trinajstić information content (AvgIpc) is 2.60. The lowest BCUT2D eigenvalue weighted by atomic mass is 9.82. The van der Waals surface area contributed by atoms with E-state index in [1.807, 2.05) is 42.5 Å². The summed E-state index contributed by atoms with van der Waals surface area (Å²) in [7, 11) is 3.29.